The summed E-state index contributed by atoms with van der Waals surface area (Å²) in [6.07, 6.45) is 3.15. The van der Waals surface area contributed by atoms with Crippen LogP contribution in [0.4, 0.5) is 0 Å². The summed E-state index contributed by atoms with van der Waals surface area (Å²) < 4.78 is 4.59. The molecule has 0 saturated carbocycles. The molecule has 96 valence electrons. The lowest BCUT2D eigenvalue weighted by molar-refractivity contribution is -0.137. The molecule has 1 rings (SSSR count). The molecule has 1 N–H and O–H groups in total. The topological polar surface area (TPSA) is 55.4 Å². The lowest BCUT2D eigenvalue weighted by Crippen LogP contribution is -2.25. The van der Waals surface area contributed by atoms with E-state index in [0.717, 1.165) is 6.42 Å². The molecule has 0 heterocycles. The lowest BCUT2D eigenvalue weighted by Gasteiger charge is -2.05. The summed E-state index contributed by atoms with van der Waals surface area (Å²) in [5.74, 6) is -0.815. The number of methoxy groups -OCH3 is 1. The number of rotatable bonds is 5. The fourth-order valence-electron chi connectivity index (χ4n) is 1.51. The Kier molecular flexibility index (Phi) is 5.64. The maximum atomic E-state index is 11.4. The minimum Gasteiger partial charge on any atom is -0.464 e. The highest BCUT2D eigenvalue weighted by Crippen LogP contribution is 2.05. The van der Waals surface area contributed by atoms with Crippen LogP contribution in [0.1, 0.15) is 18.9 Å². The zero-order valence-electron chi connectivity index (χ0n) is 10.6. The molecule has 0 aliphatic carbocycles. The van der Waals surface area contributed by atoms with E-state index in [1.54, 1.807) is 6.08 Å². The van der Waals surface area contributed by atoms with Gasteiger partial charge in [-0.2, -0.15) is 0 Å². The summed E-state index contributed by atoms with van der Waals surface area (Å²) in [4.78, 5) is 22.3. The molecule has 0 spiro atoms. The zero-order chi connectivity index (χ0) is 13.4. The van der Waals surface area contributed by atoms with Gasteiger partial charge in [-0.05, 0) is 18.4 Å². The molecule has 0 saturated heterocycles. The number of hydrogen-bond acceptors (Lipinski definition) is 3. The number of carbonyl (C=O) groups is 2. The molecule has 18 heavy (non-hydrogen) atoms. The van der Waals surface area contributed by atoms with Gasteiger partial charge < -0.3 is 10.1 Å². The van der Waals surface area contributed by atoms with E-state index in [-0.39, 0.29) is 11.6 Å². The van der Waals surface area contributed by atoms with Crippen molar-refractivity contribution in [2.45, 2.75) is 19.8 Å². The number of nitrogens with one attached hydrogen (secondary N) is 1. The summed E-state index contributed by atoms with van der Waals surface area (Å²) in [7, 11) is 1.29. The van der Waals surface area contributed by atoms with Crippen molar-refractivity contribution in [1.82, 2.24) is 5.32 Å². The Bertz CT molecular complexity index is 438. The highest BCUT2D eigenvalue weighted by atomic mass is 16.5. The third kappa shape index (κ3) is 4.82. The zero-order valence-corrected chi connectivity index (χ0v) is 10.6. The summed E-state index contributed by atoms with van der Waals surface area (Å²) in [6.45, 7) is 1.36. The van der Waals surface area contributed by atoms with E-state index in [1.165, 1.54) is 19.6 Å². The summed E-state index contributed by atoms with van der Waals surface area (Å²) in [5, 5.41) is 2.46. The van der Waals surface area contributed by atoms with Crippen LogP contribution in [0.15, 0.2) is 42.1 Å². The summed E-state index contributed by atoms with van der Waals surface area (Å²) in [6, 6.07) is 9.92. The van der Waals surface area contributed by atoms with E-state index >= 15 is 0 Å². The Hall–Kier alpha value is -2.10. The molecule has 1 amide bonds. The maximum absolute atomic E-state index is 11.4. The average Bonchev–Trinajstić information content (AvgIpc) is 2.37. The second-order valence-electron chi connectivity index (χ2n) is 3.81. The highest BCUT2D eigenvalue weighted by Gasteiger charge is 2.09. The minimum absolute atomic E-state index is 0.195. The van der Waals surface area contributed by atoms with Gasteiger partial charge in [0.25, 0.3) is 0 Å². The van der Waals surface area contributed by atoms with Crippen molar-refractivity contribution in [3.8, 4) is 0 Å². The smallest absolute Gasteiger partial charge is 0.354 e. The Labute approximate surface area is 107 Å². The Morgan fingerprint density at radius 2 is 1.94 bits per heavy atom. The van der Waals surface area contributed by atoms with Gasteiger partial charge in [0.05, 0.1) is 7.11 Å². The predicted molar refractivity (Wildman–Crippen MR) is 68.7 cm³/mol. The lowest BCUT2D eigenvalue weighted by atomic mass is 10.1. The molecule has 1 aromatic carbocycles. The highest BCUT2D eigenvalue weighted by molar-refractivity contribution is 5.93. The number of hydrogen-bond donors (Lipinski definition) is 1. The quantitative estimate of drug-likeness (QED) is 0.637. The molecule has 0 unspecified atom stereocenters. The first-order valence-corrected chi connectivity index (χ1v) is 5.73. The van der Waals surface area contributed by atoms with Gasteiger partial charge in [-0.15, -0.1) is 0 Å². The van der Waals surface area contributed by atoms with Crippen molar-refractivity contribution in [3.63, 3.8) is 0 Å². The molecule has 0 fully saturated rings. The number of esters is 1. The van der Waals surface area contributed by atoms with Crippen molar-refractivity contribution >= 4 is 11.9 Å². The molecule has 0 aromatic heterocycles. The molecule has 0 aliphatic rings. The number of allylic oxidation sites excluding steroid dienone is 1. The van der Waals surface area contributed by atoms with Crippen molar-refractivity contribution < 1.29 is 14.3 Å². The molecule has 0 bridgehead atoms. The van der Waals surface area contributed by atoms with Gasteiger partial charge >= 0.3 is 5.97 Å². The third-order valence-electron chi connectivity index (χ3n) is 2.34. The van der Waals surface area contributed by atoms with Crippen LogP contribution in [0.2, 0.25) is 0 Å². The summed E-state index contributed by atoms with van der Waals surface area (Å²) >= 11 is 0. The third-order valence-corrected chi connectivity index (χ3v) is 2.34. The molecule has 0 radical (unpaired) electrons. The summed E-state index contributed by atoms with van der Waals surface area (Å²) in [5.41, 5.74) is 1.38. The Morgan fingerprint density at radius 3 is 2.50 bits per heavy atom. The van der Waals surface area contributed by atoms with Crippen LogP contribution in [0.25, 0.3) is 0 Å². The second kappa shape index (κ2) is 7.27. The van der Waals surface area contributed by atoms with Gasteiger partial charge in [-0.1, -0.05) is 36.4 Å². The van der Waals surface area contributed by atoms with Gasteiger partial charge in [-0.25, -0.2) is 4.79 Å². The largest absolute Gasteiger partial charge is 0.464 e. The van der Waals surface area contributed by atoms with E-state index in [9.17, 15) is 9.59 Å². The Balaban J connectivity index is 2.60. The van der Waals surface area contributed by atoms with Crippen LogP contribution >= 0.6 is 0 Å². The van der Waals surface area contributed by atoms with Crippen LogP contribution in [-0.4, -0.2) is 19.0 Å². The first-order chi connectivity index (χ1) is 8.63. The molecule has 4 heteroatoms. The number of aryl methyl sites for hydroxylation is 1. The molecular formula is C14H17NO3. The number of carbonyl (C=O) groups excluding carboxylic acids is 2. The van der Waals surface area contributed by atoms with Gasteiger partial charge in [0, 0.05) is 6.92 Å². The first kappa shape index (κ1) is 14.0. The van der Waals surface area contributed by atoms with Gasteiger partial charge in [0.1, 0.15) is 5.70 Å². The van der Waals surface area contributed by atoms with Crippen LogP contribution in [-0.2, 0) is 20.7 Å². The predicted octanol–water partition coefficient (Wildman–Crippen LogP) is 1.81. The van der Waals surface area contributed by atoms with Gasteiger partial charge in [0.15, 0.2) is 0 Å². The molecule has 0 aliphatic heterocycles. The molecule has 1 aromatic rings. The van der Waals surface area contributed by atoms with Crippen molar-refractivity contribution in [2.24, 2.45) is 0 Å². The maximum Gasteiger partial charge on any atom is 0.354 e. The monoisotopic (exact) mass is 247 g/mol. The fourth-order valence-corrected chi connectivity index (χ4v) is 1.51. The Morgan fingerprint density at radius 1 is 1.28 bits per heavy atom. The number of ether oxygens (including phenoxy) is 1. The van der Waals surface area contributed by atoms with E-state index in [2.05, 4.69) is 10.1 Å². The van der Waals surface area contributed by atoms with Crippen molar-refractivity contribution in [3.05, 3.63) is 47.7 Å². The fraction of sp³-hybridized carbons (Fsp3) is 0.286. The standard InChI is InChI=1S/C14H17NO3/c1-11(16)15-13(14(17)18-2)10-6-9-12-7-4-3-5-8-12/h3-5,7-8,10H,6,9H2,1-2H3,(H,15,16)/b13-10+. The first-order valence-electron chi connectivity index (χ1n) is 5.73. The van der Waals surface area contributed by atoms with Crippen LogP contribution in [0.5, 0.6) is 0 Å². The van der Waals surface area contributed by atoms with Crippen molar-refractivity contribution in [2.75, 3.05) is 7.11 Å². The normalized spacial score (nSPS) is 10.9. The molecular weight excluding hydrogens is 230 g/mol. The van der Waals surface area contributed by atoms with E-state index in [4.69, 9.17) is 0 Å². The number of benzene rings is 1. The number of amides is 1. The van der Waals surface area contributed by atoms with Crippen LogP contribution in [0, 0.1) is 0 Å². The van der Waals surface area contributed by atoms with Gasteiger partial charge in [-0.3, -0.25) is 4.79 Å². The van der Waals surface area contributed by atoms with E-state index < -0.39 is 5.97 Å². The van der Waals surface area contributed by atoms with Crippen LogP contribution in [0.3, 0.4) is 0 Å². The second-order valence-corrected chi connectivity index (χ2v) is 3.81. The minimum atomic E-state index is -0.529. The average molecular weight is 247 g/mol. The van der Waals surface area contributed by atoms with E-state index in [0.29, 0.717) is 6.42 Å². The van der Waals surface area contributed by atoms with Crippen molar-refractivity contribution in [1.29, 1.82) is 0 Å². The van der Waals surface area contributed by atoms with E-state index in [1.807, 2.05) is 30.3 Å². The molecule has 0 atom stereocenters. The molecule has 4 nitrogen and oxygen atoms in total. The SMILES string of the molecule is COC(=O)/C(=C\CCc1ccccc1)NC(C)=O. The van der Waals surface area contributed by atoms with Crippen LogP contribution < -0.4 is 5.32 Å². The van der Waals surface area contributed by atoms with Gasteiger partial charge in [0.2, 0.25) is 5.91 Å².